The van der Waals surface area contributed by atoms with Gasteiger partial charge in [0.2, 0.25) is 10.0 Å². The Bertz CT molecular complexity index is 990. The average Bonchev–Trinajstić information content (AvgIpc) is 3.18. The number of nitrogens with zero attached hydrogens (tertiary/aromatic N) is 2. The zero-order chi connectivity index (χ0) is 21.2. The van der Waals surface area contributed by atoms with E-state index in [1.165, 1.54) is 4.31 Å². The summed E-state index contributed by atoms with van der Waals surface area (Å²) in [7, 11) is -3.66. The molecule has 4 rings (SSSR count). The number of amides is 1. The summed E-state index contributed by atoms with van der Waals surface area (Å²) in [5.74, 6) is 0.427. The van der Waals surface area contributed by atoms with Crippen LogP contribution in [0, 0.1) is 0 Å². The molecule has 30 heavy (non-hydrogen) atoms. The van der Waals surface area contributed by atoms with E-state index < -0.39 is 15.7 Å². The van der Waals surface area contributed by atoms with Crippen molar-refractivity contribution in [3.05, 3.63) is 59.6 Å². The zero-order valence-electron chi connectivity index (χ0n) is 16.4. The fourth-order valence-corrected chi connectivity index (χ4v) is 5.79. The molecule has 0 saturated carbocycles. The Morgan fingerprint density at radius 2 is 1.70 bits per heavy atom. The van der Waals surface area contributed by atoms with E-state index in [1.54, 1.807) is 59.5 Å². The van der Waals surface area contributed by atoms with Gasteiger partial charge in [0.05, 0.1) is 11.5 Å². The molecule has 1 amide bonds. The van der Waals surface area contributed by atoms with Gasteiger partial charge >= 0.3 is 0 Å². The minimum Gasteiger partial charge on any atom is -0.484 e. The van der Waals surface area contributed by atoms with E-state index in [4.69, 9.17) is 21.1 Å². The SMILES string of the molecule is O=C(COc1ccc(Cl)cc1)N1CCC2(CC1)OCCN2S(=O)(=O)c1ccccc1. The third-order valence-electron chi connectivity index (χ3n) is 5.52. The second-order valence-electron chi connectivity index (χ2n) is 7.31. The van der Waals surface area contributed by atoms with Gasteiger partial charge in [0, 0.05) is 37.5 Å². The molecule has 0 N–H and O–H groups in total. The van der Waals surface area contributed by atoms with Crippen LogP contribution in [0.15, 0.2) is 59.5 Å². The molecule has 2 fully saturated rings. The van der Waals surface area contributed by atoms with Gasteiger partial charge in [0.1, 0.15) is 11.5 Å². The fraction of sp³-hybridized carbons (Fsp3) is 0.381. The van der Waals surface area contributed by atoms with E-state index in [0.29, 0.717) is 49.9 Å². The number of rotatable bonds is 5. The van der Waals surface area contributed by atoms with Crippen LogP contribution in [0.25, 0.3) is 0 Å². The lowest BCUT2D eigenvalue weighted by atomic mass is 10.0. The van der Waals surface area contributed by atoms with E-state index in [1.807, 2.05) is 0 Å². The molecule has 160 valence electrons. The highest BCUT2D eigenvalue weighted by Crippen LogP contribution is 2.38. The molecule has 2 heterocycles. The van der Waals surface area contributed by atoms with Gasteiger partial charge < -0.3 is 14.4 Å². The highest BCUT2D eigenvalue weighted by atomic mass is 35.5. The van der Waals surface area contributed by atoms with E-state index in [9.17, 15) is 13.2 Å². The summed E-state index contributed by atoms with van der Waals surface area (Å²) < 4.78 is 39.2. The first-order chi connectivity index (χ1) is 14.4. The summed E-state index contributed by atoms with van der Waals surface area (Å²) in [4.78, 5) is 14.5. The van der Waals surface area contributed by atoms with Crippen molar-refractivity contribution < 1.29 is 22.7 Å². The predicted molar refractivity (Wildman–Crippen MR) is 112 cm³/mol. The van der Waals surface area contributed by atoms with E-state index in [2.05, 4.69) is 0 Å². The lowest BCUT2D eigenvalue weighted by Gasteiger charge is -2.42. The molecule has 1 spiro atoms. The summed E-state index contributed by atoms with van der Waals surface area (Å²) in [6, 6.07) is 15.2. The van der Waals surface area contributed by atoms with Crippen molar-refractivity contribution in [2.24, 2.45) is 0 Å². The molecule has 0 unspecified atom stereocenters. The average molecular weight is 451 g/mol. The topological polar surface area (TPSA) is 76.2 Å². The number of benzene rings is 2. The van der Waals surface area contributed by atoms with Crippen LogP contribution in [0.1, 0.15) is 12.8 Å². The third-order valence-corrected chi connectivity index (χ3v) is 7.74. The van der Waals surface area contributed by atoms with Gasteiger partial charge in [0.15, 0.2) is 6.61 Å². The molecule has 0 atom stereocenters. The molecule has 0 aromatic heterocycles. The lowest BCUT2D eigenvalue weighted by Crippen LogP contribution is -2.56. The van der Waals surface area contributed by atoms with Gasteiger partial charge in [-0.2, -0.15) is 4.31 Å². The van der Waals surface area contributed by atoms with Crippen molar-refractivity contribution >= 4 is 27.5 Å². The van der Waals surface area contributed by atoms with Crippen molar-refractivity contribution in [2.75, 3.05) is 32.8 Å². The molecular formula is C21H23ClN2O5S. The second-order valence-corrected chi connectivity index (χ2v) is 9.61. The van der Waals surface area contributed by atoms with Crippen molar-refractivity contribution in [2.45, 2.75) is 23.5 Å². The van der Waals surface area contributed by atoms with Crippen LogP contribution in [-0.4, -0.2) is 62.1 Å². The first kappa shape index (κ1) is 21.1. The van der Waals surface area contributed by atoms with Crippen LogP contribution in [0.5, 0.6) is 5.75 Å². The van der Waals surface area contributed by atoms with Crippen LogP contribution in [0.3, 0.4) is 0 Å². The van der Waals surface area contributed by atoms with Crippen LogP contribution in [0.2, 0.25) is 5.02 Å². The van der Waals surface area contributed by atoms with Crippen molar-refractivity contribution in [3.63, 3.8) is 0 Å². The quantitative estimate of drug-likeness (QED) is 0.700. The van der Waals surface area contributed by atoms with Gasteiger partial charge in [0.25, 0.3) is 5.91 Å². The number of ether oxygens (including phenoxy) is 2. The minimum absolute atomic E-state index is 0.0818. The van der Waals surface area contributed by atoms with Gasteiger partial charge in [-0.1, -0.05) is 29.8 Å². The monoisotopic (exact) mass is 450 g/mol. The normalized spacial score (nSPS) is 19.2. The summed E-state index contributed by atoms with van der Waals surface area (Å²) in [6.07, 6.45) is 0.845. The van der Waals surface area contributed by atoms with Crippen LogP contribution < -0.4 is 4.74 Å². The second kappa shape index (κ2) is 8.55. The Kier molecular flexibility index (Phi) is 6.02. The summed E-state index contributed by atoms with van der Waals surface area (Å²) in [5, 5.41) is 0.599. The van der Waals surface area contributed by atoms with Gasteiger partial charge in [-0.25, -0.2) is 8.42 Å². The molecule has 2 aliphatic heterocycles. The molecule has 2 saturated heterocycles. The number of halogens is 1. The number of piperidine rings is 1. The molecule has 2 aliphatic rings. The highest BCUT2D eigenvalue weighted by Gasteiger charge is 2.50. The molecule has 2 aromatic carbocycles. The summed E-state index contributed by atoms with van der Waals surface area (Å²) in [5.41, 5.74) is -0.900. The number of sulfonamides is 1. The summed E-state index contributed by atoms with van der Waals surface area (Å²) >= 11 is 5.85. The van der Waals surface area contributed by atoms with E-state index in [-0.39, 0.29) is 17.4 Å². The molecule has 9 heteroatoms. The fourth-order valence-electron chi connectivity index (χ4n) is 3.92. The number of carbonyl (C=O) groups excluding carboxylic acids is 1. The molecule has 2 aromatic rings. The number of hydrogen-bond donors (Lipinski definition) is 0. The third kappa shape index (κ3) is 4.18. The molecule has 0 bridgehead atoms. The Labute approximate surface area is 181 Å². The highest BCUT2D eigenvalue weighted by molar-refractivity contribution is 7.89. The van der Waals surface area contributed by atoms with Gasteiger partial charge in [-0.3, -0.25) is 4.79 Å². The van der Waals surface area contributed by atoms with Gasteiger partial charge in [-0.15, -0.1) is 0 Å². The van der Waals surface area contributed by atoms with Gasteiger partial charge in [-0.05, 0) is 36.4 Å². The zero-order valence-corrected chi connectivity index (χ0v) is 17.9. The number of hydrogen-bond acceptors (Lipinski definition) is 5. The van der Waals surface area contributed by atoms with Crippen LogP contribution in [-0.2, 0) is 19.6 Å². The predicted octanol–water partition coefficient (Wildman–Crippen LogP) is 2.76. The Balaban J connectivity index is 1.39. The molecular weight excluding hydrogens is 428 g/mol. The minimum atomic E-state index is -3.66. The smallest absolute Gasteiger partial charge is 0.260 e. The van der Waals surface area contributed by atoms with Crippen LogP contribution >= 0.6 is 11.6 Å². The molecule has 7 nitrogen and oxygen atoms in total. The lowest BCUT2D eigenvalue weighted by molar-refractivity contribution is -0.142. The largest absolute Gasteiger partial charge is 0.484 e. The number of likely N-dealkylation sites (tertiary alicyclic amines) is 1. The number of carbonyl (C=O) groups is 1. The maximum Gasteiger partial charge on any atom is 0.260 e. The Hall–Kier alpha value is -2.13. The van der Waals surface area contributed by atoms with E-state index in [0.717, 1.165) is 0 Å². The van der Waals surface area contributed by atoms with E-state index >= 15 is 0 Å². The van der Waals surface area contributed by atoms with Crippen molar-refractivity contribution in [3.8, 4) is 5.75 Å². The van der Waals surface area contributed by atoms with Crippen molar-refractivity contribution in [1.82, 2.24) is 9.21 Å². The standard InChI is InChI=1S/C21H23ClN2O5S/c22-17-6-8-18(9-7-17)28-16-20(25)23-12-10-21(11-13-23)24(14-15-29-21)30(26,27)19-4-2-1-3-5-19/h1-9H,10-16H2. The maximum absolute atomic E-state index is 13.1. The van der Waals surface area contributed by atoms with Crippen LogP contribution in [0.4, 0.5) is 0 Å². The summed E-state index contributed by atoms with van der Waals surface area (Å²) in [6.45, 7) is 1.39. The molecule has 0 radical (unpaired) electrons. The molecule has 0 aliphatic carbocycles. The maximum atomic E-state index is 13.1. The Morgan fingerprint density at radius 1 is 1.03 bits per heavy atom. The Morgan fingerprint density at radius 3 is 2.37 bits per heavy atom. The first-order valence-corrected chi connectivity index (χ1v) is 11.6. The van der Waals surface area contributed by atoms with Crippen molar-refractivity contribution in [1.29, 1.82) is 0 Å². The first-order valence-electron chi connectivity index (χ1n) is 9.79.